The average molecular weight is 341 g/mol. The van der Waals surface area contributed by atoms with Gasteiger partial charge in [0.25, 0.3) is 0 Å². The van der Waals surface area contributed by atoms with Crippen LogP contribution in [0.15, 0.2) is 28.8 Å². The Balaban J connectivity index is 1.60. The van der Waals surface area contributed by atoms with Crippen molar-refractivity contribution in [3.8, 4) is 33.6 Å². The van der Waals surface area contributed by atoms with Crippen LogP contribution in [0.5, 0.6) is 11.5 Å². The number of aryl methyl sites for hydroxylation is 1. The minimum Gasteiger partial charge on any atom is -0.486 e. The van der Waals surface area contributed by atoms with Gasteiger partial charge in [0, 0.05) is 11.6 Å². The summed E-state index contributed by atoms with van der Waals surface area (Å²) in [6.45, 7) is 2.96. The van der Waals surface area contributed by atoms with Crippen LogP contribution < -0.4 is 9.47 Å². The van der Waals surface area contributed by atoms with E-state index in [1.807, 2.05) is 25.1 Å². The molecular formula is C15H11N5O3S. The molecule has 120 valence electrons. The second kappa shape index (κ2) is 5.03. The lowest BCUT2D eigenvalue weighted by Gasteiger charge is -2.18. The molecule has 0 aliphatic carbocycles. The molecule has 0 saturated heterocycles. The summed E-state index contributed by atoms with van der Waals surface area (Å²) in [5, 5.41) is 17.7. The number of ether oxygens (including phenoxy) is 2. The first-order chi connectivity index (χ1) is 11.8. The summed E-state index contributed by atoms with van der Waals surface area (Å²) < 4.78 is 18.0. The standard InChI is InChI=1S/C15H11N5O3S/c1-8-6-10(19-23-8)13-16-17-15-20(13)18-14(24-15)9-2-3-11-12(7-9)22-5-4-21-11/h2-3,6-7H,4-5H2,1H3. The molecule has 4 aromatic rings. The Morgan fingerprint density at radius 2 is 1.96 bits per heavy atom. The summed E-state index contributed by atoms with van der Waals surface area (Å²) in [4.78, 5) is 0.690. The monoisotopic (exact) mass is 341 g/mol. The molecule has 0 unspecified atom stereocenters. The molecule has 0 bridgehead atoms. The molecule has 8 nitrogen and oxygen atoms in total. The number of nitrogens with zero attached hydrogens (tertiary/aromatic N) is 5. The van der Waals surface area contributed by atoms with Crippen LogP contribution in [-0.2, 0) is 0 Å². The molecule has 1 aromatic carbocycles. The van der Waals surface area contributed by atoms with E-state index in [0.29, 0.717) is 35.5 Å². The summed E-state index contributed by atoms with van der Waals surface area (Å²) in [6.07, 6.45) is 0. The van der Waals surface area contributed by atoms with Crippen molar-refractivity contribution in [1.29, 1.82) is 0 Å². The van der Waals surface area contributed by atoms with Gasteiger partial charge in [0.1, 0.15) is 24.0 Å². The zero-order valence-electron chi connectivity index (χ0n) is 12.6. The molecular weight excluding hydrogens is 330 g/mol. The van der Waals surface area contributed by atoms with Gasteiger partial charge in [-0.05, 0) is 25.1 Å². The predicted molar refractivity (Wildman–Crippen MR) is 85.3 cm³/mol. The van der Waals surface area contributed by atoms with Gasteiger partial charge in [-0.25, -0.2) is 0 Å². The summed E-state index contributed by atoms with van der Waals surface area (Å²) in [6, 6.07) is 7.59. The first kappa shape index (κ1) is 13.5. The van der Waals surface area contributed by atoms with E-state index in [2.05, 4.69) is 20.5 Å². The smallest absolute Gasteiger partial charge is 0.235 e. The Morgan fingerprint density at radius 3 is 2.79 bits per heavy atom. The zero-order chi connectivity index (χ0) is 16.1. The van der Waals surface area contributed by atoms with Crippen LogP contribution in [-0.4, -0.2) is 38.2 Å². The van der Waals surface area contributed by atoms with Crippen molar-refractivity contribution >= 4 is 16.3 Å². The number of hydrogen-bond donors (Lipinski definition) is 0. The summed E-state index contributed by atoms with van der Waals surface area (Å²) in [7, 11) is 0. The molecule has 0 spiro atoms. The summed E-state index contributed by atoms with van der Waals surface area (Å²) in [5.41, 5.74) is 1.55. The fourth-order valence-corrected chi connectivity index (χ4v) is 3.38. The van der Waals surface area contributed by atoms with E-state index in [9.17, 15) is 0 Å². The van der Waals surface area contributed by atoms with E-state index in [-0.39, 0.29) is 0 Å². The second-order valence-corrected chi connectivity index (χ2v) is 6.26. The van der Waals surface area contributed by atoms with Crippen molar-refractivity contribution in [2.45, 2.75) is 6.92 Å². The summed E-state index contributed by atoms with van der Waals surface area (Å²) in [5.74, 6) is 2.76. The largest absolute Gasteiger partial charge is 0.486 e. The van der Waals surface area contributed by atoms with Gasteiger partial charge in [-0.1, -0.05) is 16.5 Å². The Hall–Kier alpha value is -2.94. The number of benzene rings is 1. The lowest BCUT2D eigenvalue weighted by Crippen LogP contribution is -2.15. The highest BCUT2D eigenvalue weighted by Gasteiger charge is 2.19. The third-order valence-electron chi connectivity index (χ3n) is 3.64. The molecule has 0 radical (unpaired) electrons. The van der Waals surface area contributed by atoms with Gasteiger partial charge in [0.2, 0.25) is 10.8 Å². The number of aromatic nitrogens is 5. The van der Waals surface area contributed by atoms with Crippen LogP contribution in [0.25, 0.3) is 27.1 Å². The topological polar surface area (TPSA) is 87.6 Å². The molecule has 5 rings (SSSR count). The van der Waals surface area contributed by atoms with Crippen molar-refractivity contribution in [2.24, 2.45) is 0 Å². The normalized spacial score (nSPS) is 13.5. The van der Waals surface area contributed by atoms with Gasteiger partial charge in [0.15, 0.2) is 17.2 Å². The van der Waals surface area contributed by atoms with Crippen LogP contribution >= 0.6 is 11.3 Å². The van der Waals surface area contributed by atoms with E-state index < -0.39 is 0 Å². The van der Waals surface area contributed by atoms with Crippen molar-refractivity contribution in [3.63, 3.8) is 0 Å². The maximum absolute atomic E-state index is 5.63. The fourth-order valence-electron chi connectivity index (χ4n) is 2.54. The molecule has 1 aliphatic rings. The zero-order valence-corrected chi connectivity index (χ0v) is 13.4. The Labute approximate surface area is 139 Å². The van der Waals surface area contributed by atoms with Crippen LogP contribution in [0.4, 0.5) is 0 Å². The average Bonchev–Trinajstić information content (AvgIpc) is 3.29. The highest BCUT2D eigenvalue weighted by atomic mass is 32.1. The predicted octanol–water partition coefficient (Wildman–Crippen LogP) is 2.59. The highest BCUT2D eigenvalue weighted by molar-refractivity contribution is 7.19. The van der Waals surface area contributed by atoms with Crippen LogP contribution in [0.1, 0.15) is 5.76 Å². The fraction of sp³-hybridized carbons (Fsp3) is 0.200. The Bertz CT molecular complexity index is 1050. The van der Waals surface area contributed by atoms with Crippen molar-refractivity contribution in [1.82, 2.24) is 25.0 Å². The molecule has 24 heavy (non-hydrogen) atoms. The first-order valence-corrected chi connectivity index (χ1v) is 8.15. The van der Waals surface area contributed by atoms with Crippen molar-refractivity contribution in [3.05, 3.63) is 30.0 Å². The lowest BCUT2D eigenvalue weighted by molar-refractivity contribution is 0.171. The van der Waals surface area contributed by atoms with Crippen LogP contribution in [0, 0.1) is 6.92 Å². The third kappa shape index (κ3) is 2.05. The molecule has 0 N–H and O–H groups in total. The van der Waals surface area contributed by atoms with E-state index in [1.54, 1.807) is 10.6 Å². The van der Waals surface area contributed by atoms with Gasteiger partial charge >= 0.3 is 0 Å². The number of rotatable bonds is 2. The van der Waals surface area contributed by atoms with E-state index in [0.717, 1.165) is 22.1 Å². The number of hydrogen-bond acceptors (Lipinski definition) is 8. The second-order valence-electron chi connectivity index (χ2n) is 5.31. The van der Waals surface area contributed by atoms with E-state index >= 15 is 0 Å². The molecule has 0 saturated carbocycles. The maximum atomic E-state index is 5.63. The quantitative estimate of drug-likeness (QED) is 0.554. The Morgan fingerprint density at radius 1 is 1.08 bits per heavy atom. The first-order valence-electron chi connectivity index (χ1n) is 7.34. The van der Waals surface area contributed by atoms with E-state index in [1.165, 1.54) is 11.3 Å². The van der Waals surface area contributed by atoms with Crippen molar-refractivity contribution in [2.75, 3.05) is 13.2 Å². The molecule has 0 fully saturated rings. The number of fused-ring (bicyclic) bond motifs is 2. The SMILES string of the molecule is Cc1cc(-c2nnc3sc(-c4ccc5c(c4)OCCO5)nn23)no1. The van der Waals surface area contributed by atoms with Crippen LogP contribution in [0.2, 0.25) is 0 Å². The lowest BCUT2D eigenvalue weighted by atomic mass is 10.2. The minimum absolute atomic E-state index is 0.553. The van der Waals surface area contributed by atoms with Gasteiger partial charge in [-0.3, -0.25) is 0 Å². The molecule has 9 heteroatoms. The van der Waals surface area contributed by atoms with Crippen LogP contribution in [0.3, 0.4) is 0 Å². The highest BCUT2D eigenvalue weighted by Crippen LogP contribution is 2.36. The molecule has 4 heterocycles. The van der Waals surface area contributed by atoms with Gasteiger partial charge < -0.3 is 14.0 Å². The van der Waals surface area contributed by atoms with Crippen molar-refractivity contribution < 1.29 is 14.0 Å². The minimum atomic E-state index is 0.553. The molecule has 1 aliphatic heterocycles. The molecule has 0 atom stereocenters. The maximum Gasteiger partial charge on any atom is 0.235 e. The molecule has 3 aromatic heterocycles. The Kier molecular flexibility index (Phi) is 2.83. The van der Waals surface area contributed by atoms with Gasteiger partial charge in [-0.15, -0.1) is 10.2 Å². The summed E-state index contributed by atoms with van der Waals surface area (Å²) >= 11 is 1.45. The van der Waals surface area contributed by atoms with Gasteiger partial charge in [0.05, 0.1) is 0 Å². The molecule has 0 amide bonds. The van der Waals surface area contributed by atoms with Gasteiger partial charge in [-0.2, -0.15) is 9.61 Å². The van der Waals surface area contributed by atoms with E-state index in [4.69, 9.17) is 14.0 Å². The third-order valence-corrected chi connectivity index (χ3v) is 4.58.